The molecule has 0 aliphatic heterocycles. The van der Waals surface area contributed by atoms with Crippen molar-refractivity contribution >= 4 is 12.9 Å². The SMILES string of the molecule is C=C(CC[C@@H](OC=O)[C@H]1[C@H](O)C[C@@]2(C)C3=CC[C@H]4C(C)(C)C(COC=O)CC[C@]4(C)C3=CC[C@]12C)C(C)C. The van der Waals surface area contributed by atoms with Crippen LogP contribution in [0, 0.1) is 45.3 Å². The lowest BCUT2D eigenvalue weighted by Crippen LogP contribution is -2.54. The number of aliphatic hydroxyl groups is 1. The normalized spacial score (nSPS) is 40.1. The van der Waals surface area contributed by atoms with Crippen molar-refractivity contribution < 1.29 is 24.2 Å². The van der Waals surface area contributed by atoms with E-state index >= 15 is 0 Å². The molecule has 2 fully saturated rings. The molecule has 5 heteroatoms. The minimum atomic E-state index is -0.533. The highest BCUT2D eigenvalue weighted by molar-refractivity contribution is 5.50. The summed E-state index contributed by atoms with van der Waals surface area (Å²) in [5.41, 5.74) is 3.69. The smallest absolute Gasteiger partial charge is 0.293 e. The molecule has 212 valence electrons. The summed E-state index contributed by atoms with van der Waals surface area (Å²) in [5.74, 6) is 1.06. The summed E-state index contributed by atoms with van der Waals surface area (Å²) in [6.07, 6.45) is 10.2. The molecule has 0 heterocycles. The van der Waals surface area contributed by atoms with E-state index in [-0.39, 0.29) is 33.7 Å². The van der Waals surface area contributed by atoms with Crippen LogP contribution in [0.3, 0.4) is 0 Å². The van der Waals surface area contributed by atoms with Crippen LogP contribution in [0.4, 0.5) is 0 Å². The monoisotopic (exact) mass is 526 g/mol. The molecule has 0 amide bonds. The minimum absolute atomic E-state index is 0.0416. The van der Waals surface area contributed by atoms with Gasteiger partial charge in [0.25, 0.3) is 12.9 Å². The molecule has 0 aromatic rings. The number of carbonyl (C=O) groups excluding carboxylic acids is 2. The van der Waals surface area contributed by atoms with E-state index in [1.165, 1.54) is 11.1 Å². The van der Waals surface area contributed by atoms with E-state index in [2.05, 4.69) is 67.2 Å². The molecular weight excluding hydrogens is 476 g/mol. The predicted octanol–water partition coefficient (Wildman–Crippen LogP) is 6.81. The third-order valence-corrected chi connectivity index (χ3v) is 12.1. The number of allylic oxidation sites excluding steroid dienone is 5. The van der Waals surface area contributed by atoms with E-state index in [4.69, 9.17) is 9.47 Å². The molecule has 2 saturated carbocycles. The van der Waals surface area contributed by atoms with Gasteiger partial charge in [0.05, 0.1) is 12.7 Å². The molecule has 1 unspecified atom stereocenters. The number of carbonyl (C=O) groups is 2. The molecule has 4 aliphatic rings. The van der Waals surface area contributed by atoms with Crippen LogP contribution < -0.4 is 0 Å². The summed E-state index contributed by atoms with van der Waals surface area (Å²) in [6, 6.07) is 0. The number of hydrogen-bond acceptors (Lipinski definition) is 5. The van der Waals surface area contributed by atoms with Crippen molar-refractivity contribution in [1.82, 2.24) is 0 Å². The number of aliphatic hydroxyl groups excluding tert-OH is 1. The first-order chi connectivity index (χ1) is 17.8. The maximum absolute atomic E-state index is 11.6. The van der Waals surface area contributed by atoms with Gasteiger partial charge in [0.15, 0.2) is 0 Å². The lowest BCUT2D eigenvalue weighted by Gasteiger charge is -2.61. The summed E-state index contributed by atoms with van der Waals surface area (Å²) in [4.78, 5) is 22.5. The van der Waals surface area contributed by atoms with Crippen molar-refractivity contribution in [2.45, 2.75) is 106 Å². The first-order valence-corrected chi connectivity index (χ1v) is 14.7. The topological polar surface area (TPSA) is 72.8 Å². The van der Waals surface area contributed by atoms with Crippen molar-refractivity contribution in [2.75, 3.05) is 6.61 Å². The Kier molecular flexibility index (Phi) is 7.86. The zero-order valence-electron chi connectivity index (χ0n) is 24.7. The Morgan fingerprint density at radius 2 is 1.84 bits per heavy atom. The molecule has 0 bridgehead atoms. The minimum Gasteiger partial charge on any atom is -0.468 e. The van der Waals surface area contributed by atoms with Gasteiger partial charge in [0.2, 0.25) is 0 Å². The maximum Gasteiger partial charge on any atom is 0.293 e. The Morgan fingerprint density at radius 1 is 1.13 bits per heavy atom. The molecule has 0 aromatic carbocycles. The largest absolute Gasteiger partial charge is 0.468 e. The highest BCUT2D eigenvalue weighted by Crippen LogP contribution is 2.71. The van der Waals surface area contributed by atoms with Gasteiger partial charge in [-0.25, -0.2) is 0 Å². The zero-order valence-corrected chi connectivity index (χ0v) is 24.7. The standard InChI is InChI=1S/C33H50O5/c1-21(2)22(3)9-11-27(38-20-35)29-26(36)17-33(8)25-10-12-28-30(4,5)23(18-37-19-34)13-15-31(28,6)24(25)14-16-32(29,33)7/h10,14,19-21,23,26-29,36H,3,9,11-13,15-18H2,1-2,4-8H3/t23?,26-,27-,28+,29-,31-,32-,33+/m1/s1. The van der Waals surface area contributed by atoms with E-state index in [9.17, 15) is 14.7 Å². The van der Waals surface area contributed by atoms with Crippen molar-refractivity contribution in [1.29, 1.82) is 0 Å². The molecule has 38 heavy (non-hydrogen) atoms. The fraction of sp³-hybridized carbons (Fsp3) is 0.758. The first-order valence-electron chi connectivity index (χ1n) is 14.7. The van der Waals surface area contributed by atoms with Crippen LogP contribution in [-0.2, 0) is 19.1 Å². The van der Waals surface area contributed by atoms with E-state index in [0.717, 1.165) is 37.7 Å². The number of hydrogen-bond donors (Lipinski definition) is 1. The molecule has 1 N–H and O–H groups in total. The number of fused-ring (bicyclic) bond motifs is 5. The lowest BCUT2D eigenvalue weighted by molar-refractivity contribution is -0.143. The van der Waals surface area contributed by atoms with Crippen molar-refractivity contribution in [3.8, 4) is 0 Å². The van der Waals surface area contributed by atoms with E-state index in [1.807, 2.05) is 0 Å². The summed E-state index contributed by atoms with van der Waals surface area (Å²) < 4.78 is 11.0. The maximum atomic E-state index is 11.6. The van der Waals surface area contributed by atoms with Gasteiger partial charge < -0.3 is 14.6 Å². The molecule has 4 rings (SSSR count). The third kappa shape index (κ3) is 4.32. The Balaban J connectivity index is 1.68. The Labute approximate surface area is 230 Å². The van der Waals surface area contributed by atoms with Crippen molar-refractivity contribution in [3.63, 3.8) is 0 Å². The van der Waals surface area contributed by atoms with E-state index in [0.29, 0.717) is 50.1 Å². The van der Waals surface area contributed by atoms with Crippen LogP contribution >= 0.6 is 0 Å². The molecule has 0 spiro atoms. The fourth-order valence-corrected chi connectivity index (χ4v) is 9.33. The predicted molar refractivity (Wildman–Crippen MR) is 150 cm³/mol. The van der Waals surface area contributed by atoms with Crippen molar-refractivity contribution in [3.05, 3.63) is 35.5 Å². The van der Waals surface area contributed by atoms with Gasteiger partial charge in [0.1, 0.15) is 6.10 Å². The van der Waals surface area contributed by atoms with Crippen LogP contribution in [0.25, 0.3) is 0 Å². The summed E-state index contributed by atoms with van der Waals surface area (Å²) >= 11 is 0. The first kappa shape index (κ1) is 29.1. The van der Waals surface area contributed by atoms with Crippen LogP contribution in [0.2, 0.25) is 0 Å². The average molecular weight is 527 g/mol. The molecular formula is C33H50O5. The van der Waals surface area contributed by atoms with E-state index < -0.39 is 6.10 Å². The second kappa shape index (κ2) is 10.3. The van der Waals surface area contributed by atoms with E-state index in [1.54, 1.807) is 0 Å². The van der Waals surface area contributed by atoms with Crippen LogP contribution in [0.15, 0.2) is 35.5 Å². The van der Waals surface area contributed by atoms with Gasteiger partial charge in [0, 0.05) is 11.3 Å². The van der Waals surface area contributed by atoms with Gasteiger partial charge >= 0.3 is 0 Å². The second-order valence-electron chi connectivity index (χ2n) is 14.3. The zero-order chi connectivity index (χ0) is 28.1. The molecule has 8 atom stereocenters. The number of ether oxygens (including phenoxy) is 2. The third-order valence-electron chi connectivity index (χ3n) is 12.1. The summed E-state index contributed by atoms with van der Waals surface area (Å²) in [7, 11) is 0. The molecule has 0 aromatic heterocycles. The lowest BCUT2D eigenvalue weighted by atomic mass is 9.43. The van der Waals surface area contributed by atoms with Crippen LogP contribution in [-0.4, -0.2) is 36.9 Å². The molecule has 0 radical (unpaired) electrons. The highest BCUT2D eigenvalue weighted by atomic mass is 16.5. The fourth-order valence-electron chi connectivity index (χ4n) is 9.33. The summed E-state index contributed by atoms with van der Waals surface area (Å²) in [5, 5.41) is 11.6. The van der Waals surface area contributed by atoms with Gasteiger partial charge in [-0.15, -0.1) is 0 Å². The van der Waals surface area contributed by atoms with Crippen molar-refractivity contribution in [2.24, 2.45) is 45.3 Å². The summed E-state index contributed by atoms with van der Waals surface area (Å²) in [6.45, 7) is 22.0. The van der Waals surface area contributed by atoms with Gasteiger partial charge in [-0.1, -0.05) is 72.8 Å². The number of rotatable bonds is 10. The Morgan fingerprint density at radius 3 is 2.47 bits per heavy atom. The Bertz CT molecular complexity index is 1010. The average Bonchev–Trinajstić information content (AvgIpc) is 3.05. The van der Waals surface area contributed by atoms with Gasteiger partial charge in [-0.05, 0) is 90.1 Å². The van der Waals surface area contributed by atoms with Crippen LogP contribution in [0.1, 0.15) is 93.4 Å². The Hall–Kier alpha value is -1.88. The molecule has 4 aliphatic carbocycles. The molecule has 5 nitrogen and oxygen atoms in total. The van der Waals surface area contributed by atoms with Gasteiger partial charge in [-0.2, -0.15) is 0 Å². The molecule has 0 saturated heterocycles. The van der Waals surface area contributed by atoms with Gasteiger partial charge in [-0.3, -0.25) is 9.59 Å². The quantitative estimate of drug-likeness (QED) is 0.250. The highest BCUT2D eigenvalue weighted by Gasteiger charge is 2.66. The van der Waals surface area contributed by atoms with Crippen LogP contribution in [0.5, 0.6) is 0 Å². The second-order valence-corrected chi connectivity index (χ2v) is 14.3.